The zero-order chi connectivity index (χ0) is 20.4. The first-order valence-electron chi connectivity index (χ1n) is 9.81. The minimum atomic E-state index is -0.391. The first-order valence-corrected chi connectivity index (χ1v) is 10.6. The molecule has 1 aromatic carbocycles. The zero-order valence-corrected chi connectivity index (χ0v) is 17.8. The molecule has 0 aliphatic carbocycles. The number of benzene rings is 1. The van der Waals surface area contributed by atoms with Crippen molar-refractivity contribution in [3.05, 3.63) is 47.3 Å². The van der Waals surface area contributed by atoms with Gasteiger partial charge in [-0.25, -0.2) is 9.78 Å². The van der Waals surface area contributed by atoms with Gasteiger partial charge in [0.25, 0.3) is 0 Å². The van der Waals surface area contributed by atoms with Gasteiger partial charge in [-0.3, -0.25) is 4.68 Å². The highest BCUT2D eigenvalue weighted by Crippen LogP contribution is 2.34. The van der Waals surface area contributed by atoms with Gasteiger partial charge in [-0.1, -0.05) is 23.5 Å². The maximum atomic E-state index is 12.0. The normalized spacial score (nSPS) is 13.8. The van der Waals surface area contributed by atoms with Gasteiger partial charge in [0.15, 0.2) is 10.8 Å². The molecule has 1 aliphatic heterocycles. The Labute approximate surface area is 174 Å². The highest BCUT2D eigenvalue weighted by molar-refractivity contribution is 7.22. The van der Waals surface area contributed by atoms with Gasteiger partial charge in [-0.2, -0.15) is 5.10 Å². The lowest BCUT2D eigenvalue weighted by Gasteiger charge is -2.22. The lowest BCUT2D eigenvalue weighted by atomic mass is 10.1. The van der Waals surface area contributed by atoms with E-state index in [1.165, 1.54) is 0 Å². The standard InChI is InChI=1S/C21H25N5O2S/c1-4-28-20(27)17-10-14(2)26(24-17)13-15-11-16(22-3)12-18-19(15)23-21(29-18)25-8-6-5-7-9-25/h5-6,10-12,22H,4,7-9,13H2,1-3H3. The van der Waals surface area contributed by atoms with Gasteiger partial charge in [0.1, 0.15) is 0 Å². The molecule has 1 aliphatic rings. The van der Waals surface area contributed by atoms with E-state index >= 15 is 0 Å². The average Bonchev–Trinajstić information content (AvgIpc) is 3.33. The fourth-order valence-corrected chi connectivity index (χ4v) is 4.53. The number of esters is 1. The van der Waals surface area contributed by atoms with Gasteiger partial charge in [0.2, 0.25) is 0 Å². The predicted molar refractivity (Wildman–Crippen MR) is 117 cm³/mol. The Bertz CT molecular complexity index is 1070. The second-order valence-corrected chi connectivity index (χ2v) is 7.99. The Morgan fingerprint density at radius 3 is 2.90 bits per heavy atom. The summed E-state index contributed by atoms with van der Waals surface area (Å²) < 4.78 is 8.06. The lowest BCUT2D eigenvalue weighted by molar-refractivity contribution is 0.0518. The average molecular weight is 412 g/mol. The first-order chi connectivity index (χ1) is 14.1. The summed E-state index contributed by atoms with van der Waals surface area (Å²) in [6, 6.07) is 6.01. The molecule has 3 aromatic rings. The fourth-order valence-electron chi connectivity index (χ4n) is 3.44. The largest absolute Gasteiger partial charge is 0.461 e. The van der Waals surface area contributed by atoms with E-state index in [0.29, 0.717) is 18.8 Å². The lowest BCUT2D eigenvalue weighted by Crippen LogP contribution is -2.26. The van der Waals surface area contributed by atoms with Crippen molar-refractivity contribution in [3.8, 4) is 0 Å². The van der Waals surface area contributed by atoms with E-state index < -0.39 is 5.97 Å². The molecule has 0 spiro atoms. The van der Waals surface area contributed by atoms with Crippen molar-refractivity contribution in [1.29, 1.82) is 0 Å². The number of carbonyl (C=O) groups is 1. The quantitative estimate of drug-likeness (QED) is 0.491. The van der Waals surface area contributed by atoms with Crippen LogP contribution in [0.1, 0.15) is 35.1 Å². The Balaban J connectivity index is 1.70. The molecule has 7 nitrogen and oxygen atoms in total. The highest BCUT2D eigenvalue weighted by atomic mass is 32.1. The van der Waals surface area contributed by atoms with Crippen molar-refractivity contribution >= 4 is 38.3 Å². The van der Waals surface area contributed by atoms with Crippen LogP contribution in [-0.4, -0.2) is 47.5 Å². The second kappa shape index (κ2) is 8.24. The molecule has 3 heterocycles. The van der Waals surface area contributed by atoms with E-state index in [4.69, 9.17) is 9.72 Å². The summed E-state index contributed by atoms with van der Waals surface area (Å²) in [5, 5.41) is 8.74. The molecule has 8 heteroatoms. The summed E-state index contributed by atoms with van der Waals surface area (Å²) in [5.41, 5.74) is 4.35. The number of hydrogen-bond acceptors (Lipinski definition) is 7. The van der Waals surface area contributed by atoms with Crippen LogP contribution < -0.4 is 10.2 Å². The highest BCUT2D eigenvalue weighted by Gasteiger charge is 2.18. The number of rotatable bonds is 6. The van der Waals surface area contributed by atoms with Crippen LogP contribution in [0.15, 0.2) is 30.4 Å². The Hall–Kier alpha value is -2.87. The van der Waals surface area contributed by atoms with E-state index in [9.17, 15) is 4.79 Å². The van der Waals surface area contributed by atoms with E-state index in [1.807, 2.05) is 18.7 Å². The van der Waals surface area contributed by atoms with Crippen LogP contribution in [0.2, 0.25) is 0 Å². The molecule has 152 valence electrons. The number of nitrogens with zero attached hydrogens (tertiary/aromatic N) is 4. The van der Waals surface area contributed by atoms with Crippen molar-refractivity contribution in [2.24, 2.45) is 0 Å². The molecular formula is C21H25N5O2S. The van der Waals surface area contributed by atoms with E-state index in [1.54, 1.807) is 24.3 Å². The van der Waals surface area contributed by atoms with Crippen molar-refractivity contribution in [1.82, 2.24) is 14.8 Å². The summed E-state index contributed by atoms with van der Waals surface area (Å²) >= 11 is 1.72. The maximum Gasteiger partial charge on any atom is 0.358 e. The van der Waals surface area contributed by atoms with Crippen LogP contribution in [0.3, 0.4) is 0 Å². The van der Waals surface area contributed by atoms with Crippen LogP contribution in [0.25, 0.3) is 10.2 Å². The van der Waals surface area contributed by atoms with Gasteiger partial charge in [-0.05, 0) is 38.5 Å². The molecule has 0 atom stereocenters. The smallest absolute Gasteiger partial charge is 0.358 e. The Morgan fingerprint density at radius 2 is 2.17 bits per heavy atom. The number of hydrogen-bond donors (Lipinski definition) is 1. The number of thiazole rings is 1. The molecule has 0 radical (unpaired) electrons. The number of fused-ring (bicyclic) bond motifs is 1. The summed E-state index contributed by atoms with van der Waals surface area (Å²) in [6.45, 7) is 6.51. The number of anilines is 2. The number of aromatic nitrogens is 3. The Kier molecular flexibility index (Phi) is 5.53. The monoisotopic (exact) mass is 411 g/mol. The Morgan fingerprint density at radius 1 is 1.31 bits per heavy atom. The van der Waals surface area contributed by atoms with Crippen LogP contribution in [0, 0.1) is 6.92 Å². The molecule has 0 saturated heterocycles. The van der Waals surface area contributed by atoms with Crippen LogP contribution in [-0.2, 0) is 11.3 Å². The second-order valence-electron chi connectivity index (χ2n) is 6.98. The minimum Gasteiger partial charge on any atom is -0.461 e. The third kappa shape index (κ3) is 3.98. The molecule has 1 N–H and O–H groups in total. The molecule has 4 rings (SSSR count). The van der Waals surface area contributed by atoms with E-state index in [-0.39, 0.29) is 0 Å². The number of aryl methyl sites for hydroxylation is 1. The molecule has 2 aromatic heterocycles. The van der Waals surface area contributed by atoms with Crippen LogP contribution in [0.5, 0.6) is 0 Å². The van der Waals surface area contributed by atoms with Crippen LogP contribution in [0.4, 0.5) is 10.8 Å². The fraction of sp³-hybridized carbons (Fsp3) is 0.381. The first kappa shape index (κ1) is 19.4. The molecule has 0 fully saturated rings. The van der Waals surface area contributed by atoms with Gasteiger partial charge in [-0.15, -0.1) is 0 Å². The van der Waals surface area contributed by atoms with Gasteiger partial charge < -0.3 is 15.0 Å². The van der Waals surface area contributed by atoms with Gasteiger partial charge >= 0.3 is 5.97 Å². The van der Waals surface area contributed by atoms with Crippen LogP contribution >= 0.6 is 11.3 Å². The van der Waals surface area contributed by atoms with Crippen molar-refractivity contribution in [2.75, 3.05) is 37.0 Å². The summed E-state index contributed by atoms with van der Waals surface area (Å²) in [7, 11) is 1.92. The molecular weight excluding hydrogens is 386 g/mol. The van der Waals surface area contributed by atoms with E-state index in [0.717, 1.165) is 51.8 Å². The van der Waals surface area contributed by atoms with Crippen molar-refractivity contribution in [2.45, 2.75) is 26.8 Å². The third-order valence-corrected chi connectivity index (χ3v) is 6.03. The summed E-state index contributed by atoms with van der Waals surface area (Å²) in [5.74, 6) is -0.391. The van der Waals surface area contributed by atoms with Gasteiger partial charge in [0, 0.05) is 37.1 Å². The molecule has 0 saturated carbocycles. The molecule has 29 heavy (non-hydrogen) atoms. The molecule has 0 unspecified atom stereocenters. The third-order valence-electron chi connectivity index (χ3n) is 4.97. The maximum absolute atomic E-state index is 12.0. The topological polar surface area (TPSA) is 72.3 Å². The van der Waals surface area contributed by atoms with E-state index in [2.05, 4.69) is 39.6 Å². The predicted octanol–water partition coefficient (Wildman–Crippen LogP) is 3.83. The summed E-state index contributed by atoms with van der Waals surface area (Å²) in [6.07, 6.45) is 5.46. The minimum absolute atomic E-state index is 0.336. The number of ether oxygens (including phenoxy) is 1. The molecule has 0 amide bonds. The SMILES string of the molecule is CCOC(=O)c1cc(C)n(Cc2cc(NC)cc3sc(N4CC=CCC4)nc23)n1. The number of nitrogens with one attached hydrogen (secondary N) is 1. The van der Waals surface area contributed by atoms with Crippen molar-refractivity contribution < 1.29 is 9.53 Å². The zero-order valence-electron chi connectivity index (χ0n) is 16.9. The number of carbonyl (C=O) groups excluding carboxylic acids is 1. The van der Waals surface area contributed by atoms with Crippen molar-refractivity contribution in [3.63, 3.8) is 0 Å². The molecule has 0 bridgehead atoms. The van der Waals surface area contributed by atoms with Gasteiger partial charge in [0.05, 0.1) is 23.4 Å². The summed E-state index contributed by atoms with van der Waals surface area (Å²) in [4.78, 5) is 19.3.